The average molecular weight is 518 g/mol. The van der Waals surface area contributed by atoms with E-state index in [1.54, 1.807) is 6.08 Å². The highest BCUT2D eigenvalue weighted by molar-refractivity contribution is 9.10. The average Bonchev–Trinajstić information content (AvgIpc) is 3.19. The van der Waals surface area contributed by atoms with Gasteiger partial charge in [-0.15, -0.1) is 0 Å². The summed E-state index contributed by atoms with van der Waals surface area (Å²) in [7, 11) is 0. The van der Waals surface area contributed by atoms with E-state index in [9.17, 15) is 14.4 Å². The molecule has 0 N–H and O–H groups in total. The van der Waals surface area contributed by atoms with Crippen LogP contribution in [0.15, 0.2) is 33.8 Å². The number of hydrogen-bond donors (Lipinski definition) is 0. The van der Waals surface area contributed by atoms with Crippen molar-refractivity contribution in [2.24, 2.45) is 5.92 Å². The summed E-state index contributed by atoms with van der Waals surface area (Å²) in [6.07, 6.45) is 6.96. The first-order valence-electron chi connectivity index (χ1n) is 11.1. The summed E-state index contributed by atoms with van der Waals surface area (Å²) >= 11 is 4.51. The lowest BCUT2D eigenvalue weighted by molar-refractivity contribution is -0.135. The predicted octanol–water partition coefficient (Wildman–Crippen LogP) is 5.50. The first-order valence-corrected chi connectivity index (χ1v) is 12.7. The first kappa shape index (κ1) is 23.1. The van der Waals surface area contributed by atoms with Crippen LogP contribution in [0.3, 0.4) is 0 Å². The molecule has 170 valence electrons. The monoisotopic (exact) mass is 517 g/mol. The molecule has 0 spiro atoms. The van der Waals surface area contributed by atoms with Gasteiger partial charge < -0.3 is 9.47 Å². The van der Waals surface area contributed by atoms with Crippen molar-refractivity contribution in [3.63, 3.8) is 0 Å². The van der Waals surface area contributed by atoms with Crippen LogP contribution in [0.2, 0.25) is 0 Å². The van der Waals surface area contributed by atoms with Crippen molar-refractivity contribution in [1.82, 2.24) is 14.4 Å². The van der Waals surface area contributed by atoms with Gasteiger partial charge in [-0.2, -0.15) is 0 Å². The Kier molecular flexibility index (Phi) is 6.81. The molecule has 1 aromatic heterocycles. The third-order valence-corrected chi connectivity index (χ3v) is 7.41. The zero-order valence-corrected chi connectivity index (χ0v) is 21.0. The molecule has 0 radical (unpaired) electrons. The summed E-state index contributed by atoms with van der Waals surface area (Å²) in [6.45, 7) is 7.56. The Balaban J connectivity index is 1.66. The Morgan fingerprint density at radius 3 is 2.78 bits per heavy atom. The van der Waals surface area contributed by atoms with Gasteiger partial charge >= 0.3 is 0 Å². The van der Waals surface area contributed by atoms with Crippen LogP contribution in [0.25, 0.3) is 17.0 Å². The molecule has 1 aromatic carbocycles. The van der Waals surface area contributed by atoms with E-state index >= 15 is 0 Å². The maximum atomic E-state index is 13.1. The van der Waals surface area contributed by atoms with Crippen molar-refractivity contribution in [1.29, 1.82) is 0 Å². The highest BCUT2D eigenvalue weighted by Crippen LogP contribution is 2.35. The first-order chi connectivity index (χ1) is 15.2. The van der Waals surface area contributed by atoms with Gasteiger partial charge in [0, 0.05) is 46.3 Å². The van der Waals surface area contributed by atoms with Crippen LogP contribution < -0.4 is 0 Å². The molecule has 4 rings (SSSR count). The number of rotatable bonds is 5. The molecule has 2 aliphatic rings. The maximum Gasteiger partial charge on any atom is 0.293 e. The van der Waals surface area contributed by atoms with Gasteiger partial charge in [-0.1, -0.05) is 29.8 Å². The minimum atomic E-state index is -0.247. The summed E-state index contributed by atoms with van der Waals surface area (Å²) in [5.74, 6) is 0.0764. The molecule has 3 amide bonds. The molecule has 8 heteroatoms. The number of nitrogens with zero attached hydrogens (tertiary/aromatic N) is 3. The number of carbonyl (C=O) groups excluding carboxylic acids is 3. The second-order valence-electron chi connectivity index (χ2n) is 8.99. The number of fused-ring (bicyclic) bond motifs is 1. The van der Waals surface area contributed by atoms with Crippen LogP contribution in [-0.2, 0) is 16.1 Å². The molecular formula is C24H28BrN3O3S. The van der Waals surface area contributed by atoms with Gasteiger partial charge in [-0.25, -0.2) is 0 Å². The van der Waals surface area contributed by atoms with Crippen molar-refractivity contribution in [3.8, 4) is 0 Å². The van der Waals surface area contributed by atoms with E-state index in [-0.39, 0.29) is 35.6 Å². The van der Waals surface area contributed by atoms with Crippen LogP contribution in [0.1, 0.15) is 45.6 Å². The third-order valence-electron chi connectivity index (χ3n) is 6.01. The van der Waals surface area contributed by atoms with E-state index in [0.717, 1.165) is 52.1 Å². The molecule has 2 saturated heterocycles. The fourth-order valence-electron chi connectivity index (χ4n) is 4.41. The lowest BCUT2D eigenvalue weighted by Gasteiger charge is -2.33. The van der Waals surface area contributed by atoms with E-state index in [0.29, 0.717) is 11.4 Å². The lowest BCUT2D eigenvalue weighted by Crippen LogP contribution is -2.43. The number of likely N-dealkylation sites (tertiary alicyclic amines) is 1. The Morgan fingerprint density at radius 1 is 1.28 bits per heavy atom. The fraction of sp³-hybridized carbons (Fsp3) is 0.458. The number of amides is 3. The van der Waals surface area contributed by atoms with E-state index < -0.39 is 0 Å². The van der Waals surface area contributed by atoms with Crippen LogP contribution in [-0.4, -0.2) is 50.6 Å². The van der Waals surface area contributed by atoms with Crippen LogP contribution in [0.4, 0.5) is 4.79 Å². The SMILES string of the molecule is CC(C)CN1C(=O)S/C(=C\c2cn(CC(=O)N3CCCC[C@@H]3C)c3ccc(Br)cc23)C1=O. The second kappa shape index (κ2) is 9.43. The molecule has 0 bridgehead atoms. The standard InChI is InChI=1S/C24H28BrN3O3S/c1-15(2)12-28-23(30)21(32-24(28)31)10-17-13-26(20-8-7-18(25)11-19(17)20)14-22(29)27-9-5-4-6-16(27)3/h7-8,10-11,13,15-16H,4-6,9,12,14H2,1-3H3/b21-10-/t16-/m0/s1. The number of benzene rings is 1. The maximum absolute atomic E-state index is 13.1. The highest BCUT2D eigenvalue weighted by atomic mass is 79.9. The van der Waals surface area contributed by atoms with Gasteiger partial charge in [0.2, 0.25) is 5.91 Å². The number of halogens is 1. The van der Waals surface area contributed by atoms with Gasteiger partial charge in [0.05, 0.1) is 4.91 Å². The molecule has 2 aromatic rings. The van der Waals surface area contributed by atoms with Gasteiger partial charge in [-0.3, -0.25) is 19.3 Å². The van der Waals surface area contributed by atoms with Crippen molar-refractivity contribution in [3.05, 3.63) is 39.3 Å². The lowest BCUT2D eigenvalue weighted by atomic mass is 10.0. The molecule has 3 heterocycles. The van der Waals surface area contributed by atoms with Gasteiger partial charge in [-0.05, 0) is 68.1 Å². The number of carbonyl (C=O) groups is 3. The van der Waals surface area contributed by atoms with E-state index in [1.165, 1.54) is 11.3 Å². The summed E-state index contributed by atoms with van der Waals surface area (Å²) in [4.78, 5) is 42.0. The molecule has 2 fully saturated rings. The molecule has 0 saturated carbocycles. The predicted molar refractivity (Wildman–Crippen MR) is 132 cm³/mol. The van der Waals surface area contributed by atoms with Crippen molar-refractivity contribution >= 4 is 61.7 Å². The van der Waals surface area contributed by atoms with Crippen LogP contribution >= 0.6 is 27.7 Å². The smallest absolute Gasteiger partial charge is 0.293 e. The van der Waals surface area contributed by atoms with E-state index in [2.05, 4.69) is 22.9 Å². The number of aromatic nitrogens is 1. The van der Waals surface area contributed by atoms with Crippen molar-refractivity contribution in [2.75, 3.05) is 13.1 Å². The van der Waals surface area contributed by atoms with Crippen molar-refractivity contribution in [2.45, 2.75) is 52.6 Å². The van der Waals surface area contributed by atoms with Gasteiger partial charge in [0.15, 0.2) is 0 Å². The summed E-state index contributed by atoms with van der Waals surface area (Å²) < 4.78 is 2.87. The summed E-state index contributed by atoms with van der Waals surface area (Å²) in [6, 6.07) is 6.19. The molecule has 2 aliphatic heterocycles. The minimum Gasteiger partial charge on any atom is -0.338 e. The Labute approximate surface area is 201 Å². The Bertz CT molecular complexity index is 1110. The number of thioether (sulfide) groups is 1. The fourth-order valence-corrected chi connectivity index (χ4v) is 5.61. The number of piperidine rings is 1. The molecular weight excluding hydrogens is 490 g/mol. The minimum absolute atomic E-state index is 0.112. The molecule has 0 aliphatic carbocycles. The van der Waals surface area contributed by atoms with Crippen LogP contribution in [0, 0.1) is 5.92 Å². The quantitative estimate of drug-likeness (QED) is 0.491. The zero-order valence-electron chi connectivity index (χ0n) is 18.6. The third kappa shape index (κ3) is 4.66. The van der Waals surface area contributed by atoms with Gasteiger partial charge in [0.25, 0.3) is 11.1 Å². The van der Waals surface area contributed by atoms with Crippen LogP contribution in [0.5, 0.6) is 0 Å². The number of imide groups is 1. The normalized spacial score (nSPS) is 20.9. The summed E-state index contributed by atoms with van der Waals surface area (Å²) in [5.41, 5.74) is 1.76. The number of hydrogen-bond acceptors (Lipinski definition) is 4. The van der Waals surface area contributed by atoms with Crippen molar-refractivity contribution < 1.29 is 14.4 Å². The second-order valence-corrected chi connectivity index (χ2v) is 10.9. The Morgan fingerprint density at radius 2 is 2.06 bits per heavy atom. The Hall–Kier alpha value is -2.06. The molecule has 0 unspecified atom stereocenters. The molecule has 32 heavy (non-hydrogen) atoms. The summed E-state index contributed by atoms with van der Waals surface area (Å²) in [5, 5.41) is 0.712. The highest BCUT2D eigenvalue weighted by Gasteiger charge is 2.35. The van der Waals surface area contributed by atoms with E-state index in [1.807, 2.05) is 47.7 Å². The molecule has 6 nitrogen and oxygen atoms in total. The molecule has 1 atom stereocenters. The van der Waals surface area contributed by atoms with E-state index in [4.69, 9.17) is 0 Å². The van der Waals surface area contributed by atoms with Gasteiger partial charge in [0.1, 0.15) is 6.54 Å². The zero-order chi connectivity index (χ0) is 23.0. The largest absolute Gasteiger partial charge is 0.338 e. The topological polar surface area (TPSA) is 62.6 Å².